The van der Waals surface area contributed by atoms with Crippen LogP contribution in [-0.4, -0.2) is 38.3 Å². The highest BCUT2D eigenvalue weighted by molar-refractivity contribution is 5.91. The van der Waals surface area contributed by atoms with E-state index in [9.17, 15) is 4.79 Å². The van der Waals surface area contributed by atoms with Crippen molar-refractivity contribution < 1.29 is 9.53 Å². The van der Waals surface area contributed by atoms with Gasteiger partial charge in [-0.2, -0.15) is 5.26 Å². The molecule has 0 amide bonds. The monoisotopic (exact) mass is 334 g/mol. The van der Waals surface area contributed by atoms with Gasteiger partial charge in [0.25, 0.3) is 5.78 Å². The molecule has 10 nitrogen and oxygen atoms in total. The van der Waals surface area contributed by atoms with Crippen molar-refractivity contribution in [2.75, 3.05) is 6.61 Å². The minimum absolute atomic E-state index is 0.210. The normalized spacial score (nSPS) is 12.1. The molecule has 3 aromatic rings. The molecule has 1 atom stereocenters. The predicted octanol–water partition coefficient (Wildman–Crippen LogP) is 2.31. The molecule has 0 aliphatic carbocycles. The fourth-order valence-corrected chi connectivity index (χ4v) is 2.14. The number of fused-ring (bicyclic) bond motifs is 3. The van der Waals surface area contributed by atoms with E-state index in [4.69, 9.17) is 16.6 Å². The summed E-state index contributed by atoms with van der Waals surface area (Å²) < 4.78 is 6.53. The van der Waals surface area contributed by atoms with Crippen LogP contribution in [0.5, 0.6) is 0 Å². The summed E-state index contributed by atoms with van der Waals surface area (Å²) in [4.78, 5) is 19.2. The fraction of sp³-hybridized carbons (Fsp3) is 0.200. The molecule has 10 heteroatoms. The van der Waals surface area contributed by atoms with Gasteiger partial charge in [-0.15, -0.1) is 15.3 Å². The van der Waals surface area contributed by atoms with Crippen LogP contribution in [-0.2, 0) is 4.74 Å². The molecular weight excluding hydrogens is 324 g/mol. The van der Waals surface area contributed by atoms with Gasteiger partial charge in [-0.3, -0.25) is 9.25 Å². The summed E-state index contributed by atoms with van der Waals surface area (Å²) in [5.74, 6) is -0.297. The van der Waals surface area contributed by atoms with Crippen LogP contribution in [0.25, 0.3) is 21.7 Å². The molecular formula is C15H10N8O2. The molecule has 0 saturated carbocycles. The number of nitrogens with zero attached hydrogens (tertiary/aromatic N) is 8. The highest BCUT2D eigenvalue weighted by atomic mass is 16.5. The Morgan fingerprint density at radius 3 is 3.08 bits per heavy atom. The quantitative estimate of drug-likeness (QED) is 0.410. The van der Waals surface area contributed by atoms with Crippen LogP contribution >= 0.6 is 0 Å². The van der Waals surface area contributed by atoms with Gasteiger partial charge in [0.05, 0.1) is 24.0 Å². The summed E-state index contributed by atoms with van der Waals surface area (Å²) in [6, 6.07) is 6.58. The average Bonchev–Trinajstić information content (AvgIpc) is 3.07. The average molecular weight is 334 g/mol. The molecule has 25 heavy (non-hydrogen) atoms. The molecule has 122 valence electrons. The lowest BCUT2D eigenvalue weighted by molar-refractivity contribution is 0.0518. The Morgan fingerprint density at radius 2 is 2.36 bits per heavy atom. The summed E-state index contributed by atoms with van der Waals surface area (Å²) >= 11 is 0. The smallest absolute Gasteiger partial charge is 0.418 e. The maximum Gasteiger partial charge on any atom is 0.418 e. The molecule has 0 radical (unpaired) electrons. The predicted molar refractivity (Wildman–Crippen MR) is 84.8 cm³/mol. The van der Waals surface area contributed by atoms with Crippen molar-refractivity contribution in [1.82, 2.24) is 19.6 Å². The number of hydrogen-bond acceptors (Lipinski definition) is 8. The summed E-state index contributed by atoms with van der Waals surface area (Å²) in [7, 11) is 0. The van der Waals surface area contributed by atoms with Gasteiger partial charge in [0.15, 0.2) is 11.8 Å². The topological polar surface area (TPSA) is 122 Å². The van der Waals surface area contributed by atoms with Crippen LogP contribution in [0.2, 0.25) is 0 Å². The molecule has 0 N–H and O–H groups in total. The van der Waals surface area contributed by atoms with Gasteiger partial charge in [0, 0.05) is 0 Å². The van der Waals surface area contributed by atoms with Gasteiger partial charge >= 0.3 is 12.1 Å². The Balaban J connectivity index is 2.16. The molecule has 0 spiro atoms. The molecule has 0 saturated heterocycles. The number of rotatable bonds is 4. The first kappa shape index (κ1) is 16.0. The van der Waals surface area contributed by atoms with Gasteiger partial charge in [-0.1, -0.05) is 5.11 Å². The van der Waals surface area contributed by atoms with E-state index >= 15 is 0 Å². The van der Waals surface area contributed by atoms with Crippen molar-refractivity contribution >= 4 is 28.5 Å². The zero-order chi connectivity index (χ0) is 17.8. The van der Waals surface area contributed by atoms with E-state index in [0.717, 1.165) is 0 Å². The largest absolute Gasteiger partial charge is 0.461 e. The fourth-order valence-electron chi connectivity index (χ4n) is 2.14. The summed E-state index contributed by atoms with van der Waals surface area (Å²) in [6.07, 6.45) is 0.162. The van der Waals surface area contributed by atoms with Crippen LogP contribution < -0.4 is 0 Å². The Kier molecular flexibility index (Phi) is 4.26. The molecule has 0 bridgehead atoms. The summed E-state index contributed by atoms with van der Waals surface area (Å²) in [5, 5.41) is 24.3. The number of benzene rings is 1. The highest BCUT2D eigenvalue weighted by Crippen LogP contribution is 2.22. The minimum atomic E-state index is -1.20. The molecule has 1 aromatic carbocycles. The maximum absolute atomic E-state index is 12.1. The number of azo groups is 1. The zero-order valence-electron chi connectivity index (χ0n) is 13.0. The third-order valence-electron chi connectivity index (χ3n) is 3.20. The third kappa shape index (κ3) is 2.96. The maximum atomic E-state index is 12.1. The first-order chi connectivity index (χ1) is 12.2. The van der Waals surface area contributed by atoms with Crippen molar-refractivity contribution in [2.24, 2.45) is 10.2 Å². The van der Waals surface area contributed by atoms with E-state index < -0.39 is 12.1 Å². The molecule has 0 fully saturated rings. The van der Waals surface area contributed by atoms with E-state index in [2.05, 4.69) is 30.3 Å². The van der Waals surface area contributed by atoms with Crippen molar-refractivity contribution in [3.63, 3.8) is 0 Å². The van der Waals surface area contributed by atoms with E-state index in [0.29, 0.717) is 16.7 Å². The lowest BCUT2D eigenvalue weighted by Gasteiger charge is -2.05. The molecule has 0 aliphatic heterocycles. The van der Waals surface area contributed by atoms with Gasteiger partial charge in [-0.25, -0.2) is 16.4 Å². The van der Waals surface area contributed by atoms with Crippen LogP contribution in [0.4, 0.5) is 5.69 Å². The Hall–Kier alpha value is -3.92. The molecule has 3 rings (SSSR count). The minimum Gasteiger partial charge on any atom is -0.461 e. The SMILES string of the molecule is [C-]#[N+]C(C#N)N=Nc1ccc2nnc3ncc(C(=O)OCC)n3c2c1. The number of ether oxygens (including phenoxy) is 1. The van der Waals surface area contributed by atoms with Crippen molar-refractivity contribution in [3.8, 4) is 6.07 Å². The number of carbonyl (C=O) groups is 1. The Bertz CT molecular complexity index is 1060. The molecule has 1 unspecified atom stereocenters. The van der Waals surface area contributed by atoms with Crippen LogP contribution in [0, 0.1) is 17.9 Å². The number of nitriles is 1. The van der Waals surface area contributed by atoms with E-state index in [-0.39, 0.29) is 18.1 Å². The second-order valence-corrected chi connectivity index (χ2v) is 4.72. The Labute approximate surface area is 141 Å². The molecule has 2 heterocycles. The second kappa shape index (κ2) is 6.68. The van der Waals surface area contributed by atoms with Crippen molar-refractivity contribution in [2.45, 2.75) is 13.1 Å². The van der Waals surface area contributed by atoms with Crippen LogP contribution in [0.3, 0.4) is 0 Å². The third-order valence-corrected chi connectivity index (χ3v) is 3.20. The lowest BCUT2D eigenvalue weighted by atomic mass is 10.2. The Morgan fingerprint density at radius 1 is 1.52 bits per heavy atom. The van der Waals surface area contributed by atoms with Gasteiger partial charge in [0.2, 0.25) is 0 Å². The van der Waals surface area contributed by atoms with E-state index in [1.807, 2.05) is 0 Å². The molecule has 0 aliphatic rings. The number of imidazole rings is 1. The summed E-state index contributed by atoms with van der Waals surface area (Å²) in [5.41, 5.74) is 1.64. The first-order valence-electron chi connectivity index (χ1n) is 7.16. The first-order valence-corrected chi connectivity index (χ1v) is 7.16. The van der Waals surface area contributed by atoms with Crippen LogP contribution in [0.15, 0.2) is 34.6 Å². The second-order valence-electron chi connectivity index (χ2n) is 4.72. The number of esters is 1. The molecule has 2 aromatic heterocycles. The number of carbonyl (C=O) groups excluding carboxylic acids is 1. The van der Waals surface area contributed by atoms with E-state index in [1.54, 1.807) is 31.2 Å². The number of aromatic nitrogens is 4. The van der Waals surface area contributed by atoms with Crippen molar-refractivity contribution in [3.05, 3.63) is 41.5 Å². The van der Waals surface area contributed by atoms with Gasteiger partial charge < -0.3 is 4.74 Å². The van der Waals surface area contributed by atoms with E-state index in [1.165, 1.54) is 10.6 Å². The lowest BCUT2D eigenvalue weighted by Crippen LogP contribution is -2.09. The van der Waals surface area contributed by atoms with Gasteiger partial charge in [0.1, 0.15) is 5.52 Å². The number of hydrogen-bond donors (Lipinski definition) is 0. The zero-order valence-corrected chi connectivity index (χ0v) is 13.0. The standard InChI is InChI=1S/C15H10N8O2/c1-3-25-14(24)12-8-18-15-22-20-10-5-4-9(6-11(10)23(12)15)19-21-13(7-16)17-2/h4-6,8,13H,3H2,1H3. The highest BCUT2D eigenvalue weighted by Gasteiger charge is 2.17. The summed E-state index contributed by atoms with van der Waals surface area (Å²) in [6.45, 7) is 8.76. The van der Waals surface area contributed by atoms with Crippen molar-refractivity contribution in [1.29, 1.82) is 5.26 Å². The van der Waals surface area contributed by atoms with Gasteiger partial charge in [-0.05, 0) is 25.1 Å². The van der Waals surface area contributed by atoms with Crippen LogP contribution in [0.1, 0.15) is 17.4 Å².